The first-order chi connectivity index (χ1) is 6.31. The van der Waals surface area contributed by atoms with Crippen molar-refractivity contribution in [2.75, 3.05) is 13.2 Å². The molecule has 0 aromatic rings. The molecule has 0 bridgehead atoms. The lowest BCUT2D eigenvalue weighted by Gasteiger charge is -1.92. The van der Waals surface area contributed by atoms with E-state index in [0.29, 0.717) is 6.61 Å². The molecular weight excluding hydrogens is 168 g/mol. The van der Waals surface area contributed by atoms with Crippen molar-refractivity contribution in [1.82, 2.24) is 0 Å². The number of hydrogen-bond donors (Lipinski definition) is 1. The topological polar surface area (TPSA) is 46.5 Å². The zero-order valence-electron chi connectivity index (χ0n) is 7.90. The average molecular weight is 184 g/mol. The SMILES string of the molecule is CCOC(=O)/C=C/C=C/CCCO. The predicted molar refractivity (Wildman–Crippen MR) is 51.2 cm³/mol. The minimum atomic E-state index is -0.325. The lowest BCUT2D eigenvalue weighted by atomic mass is 10.3. The fourth-order valence-corrected chi connectivity index (χ4v) is 0.708. The van der Waals surface area contributed by atoms with Gasteiger partial charge in [-0.05, 0) is 19.8 Å². The number of unbranched alkanes of at least 4 members (excludes halogenated alkanes) is 1. The van der Waals surface area contributed by atoms with E-state index in [2.05, 4.69) is 4.74 Å². The molecule has 3 nitrogen and oxygen atoms in total. The Bertz CT molecular complexity index is 183. The van der Waals surface area contributed by atoms with E-state index < -0.39 is 0 Å². The van der Waals surface area contributed by atoms with Gasteiger partial charge in [-0.3, -0.25) is 0 Å². The van der Waals surface area contributed by atoms with Gasteiger partial charge in [0.1, 0.15) is 0 Å². The van der Waals surface area contributed by atoms with E-state index in [1.54, 1.807) is 19.1 Å². The molecule has 74 valence electrons. The fraction of sp³-hybridized carbons (Fsp3) is 0.500. The van der Waals surface area contributed by atoms with Gasteiger partial charge in [0.05, 0.1) is 6.61 Å². The Morgan fingerprint density at radius 3 is 2.85 bits per heavy atom. The molecule has 0 spiro atoms. The van der Waals surface area contributed by atoms with Crippen LogP contribution in [0.25, 0.3) is 0 Å². The van der Waals surface area contributed by atoms with Crippen LogP contribution in [-0.2, 0) is 9.53 Å². The maximum absolute atomic E-state index is 10.7. The van der Waals surface area contributed by atoms with Crippen molar-refractivity contribution < 1.29 is 14.6 Å². The van der Waals surface area contributed by atoms with Gasteiger partial charge in [-0.15, -0.1) is 0 Å². The molecule has 13 heavy (non-hydrogen) atoms. The van der Waals surface area contributed by atoms with E-state index in [1.165, 1.54) is 6.08 Å². The molecule has 0 saturated heterocycles. The highest BCUT2D eigenvalue weighted by Gasteiger charge is 1.89. The average Bonchev–Trinajstić information content (AvgIpc) is 2.11. The van der Waals surface area contributed by atoms with Gasteiger partial charge in [-0.2, -0.15) is 0 Å². The van der Waals surface area contributed by atoms with Gasteiger partial charge in [0.25, 0.3) is 0 Å². The lowest BCUT2D eigenvalue weighted by molar-refractivity contribution is -0.137. The number of rotatable bonds is 6. The summed E-state index contributed by atoms with van der Waals surface area (Å²) in [6.07, 6.45) is 8.25. The Balaban J connectivity index is 3.49. The van der Waals surface area contributed by atoms with Crippen LogP contribution in [0.1, 0.15) is 19.8 Å². The van der Waals surface area contributed by atoms with Gasteiger partial charge in [0, 0.05) is 12.7 Å². The Morgan fingerprint density at radius 2 is 2.23 bits per heavy atom. The lowest BCUT2D eigenvalue weighted by Crippen LogP contribution is -1.98. The number of hydrogen-bond acceptors (Lipinski definition) is 3. The van der Waals surface area contributed by atoms with E-state index in [1.807, 2.05) is 6.08 Å². The molecule has 0 radical (unpaired) electrons. The standard InChI is InChI=1S/C10H16O3/c1-2-13-10(12)8-6-4-3-5-7-9-11/h3-4,6,8,11H,2,5,7,9H2,1H3/b4-3+,8-6+. The smallest absolute Gasteiger partial charge is 0.330 e. The molecule has 3 heteroatoms. The third-order valence-corrected chi connectivity index (χ3v) is 1.30. The van der Waals surface area contributed by atoms with Gasteiger partial charge in [-0.1, -0.05) is 18.2 Å². The largest absolute Gasteiger partial charge is 0.463 e. The van der Waals surface area contributed by atoms with Crippen LogP contribution >= 0.6 is 0 Å². The van der Waals surface area contributed by atoms with E-state index >= 15 is 0 Å². The van der Waals surface area contributed by atoms with Crippen LogP contribution in [0.3, 0.4) is 0 Å². The van der Waals surface area contributed by atoms with Gasteiger partial charge < -0.3 is 9.84 Å². The van der Waals surface area contributed by atoms with Crippen LogP contribution in [0.4, 0.5) is 0 Å². The number of carbonyl (C=O) groups excluding carboxylic acids is 1. The zero-order valence-corrected chi connectivity index (χ0v) is 7.90. The van der Waals surface area contributed by atoms with E-state index in [-0.39, 0.29) is 12.6 Å². The van der Waals surface area contributed by atoms with Gasteiger partial charge in [0.2, 0.25) is 0 Å². The number of carbonyl (C=O) groups is 1. The van der Waals surface area contributed by atoms with Crippen molar-refractivity contribution in [1.29, 1.82) is 0 Å². The summed E-state index contributed by atoms with van der Waals surface area (Å²) in [5.74, 6) is -0.325. The van der Waals surface area contributed by atoms with Crippen molar-refractivity contribution in [3.05, 3.63) is 24.3 Å². The molecule has 0 fully saturated rings. The second-order valence-electron chi connectivity index (χ2n) is 2.41. The van der Waals surface area contributed by atoms with Crippen LogP contribution in [0.2, 0.25) is 0 Å². The highest BCUT2D eigenvalue weighted by Crippen LogP contribution is 1.90. The van der Waals surface area contributed by atoms with Gasteiger partial charge in [-0.25, -0.2) is 4.79 Å². The Morgan fingerprint density at radius 1 is 1.46 bits per heavy atom. The summed E-state index contributed by atoms with van der Waals surface area (Å²) in [5, 5.41) is 8.45. The molecule has 0 aliphatic heterocycles. The summed E-state index contributed by atoms with van der Waals surface area (Å²) in [5.41, 5.74) is 0. The summed E-state index contributed by atoms with van der Waals surface area (Å²) in [4.78, 5) is 10.7. The van der Waals surface area contributed by atoms with E-state index in [0.717, 1.165) is 12.8 Å². The van der Waals surface area contributed by atoms with Crippen LogP contribution in [0, 0.1) is 0 Å². The third kappa shape index (κ3) is 8.82. The van der Waals surface area contributed by atoms with E-state index in [4.69, 9.17) is 5.11 Å². The molecular formula is C10H16O3. The van der Waals surface area contributed by atoms with Crippen LogP contribution in [-0.4, -0.2) is 24.3 Å². The van der Waals surface area contributed by atoms with Crippen LogP contribution < -0.4 is 0 Å². The zero-order chi connectivity index (χ0) is 9.94. The second-order valence-corrected chi connectivity index (χ2v) is 2.41. The fourth-order valence-electron chi connectivity index (χ4n) is 0.708. The molecule has 0 heterocycles. The molecule has 0 aromatic heterocycles. The molecule has 0 aliphatic rings. The summed E-state index contributed by atoms with van der Waals surface area (Å²) >= 11 is 0. The summed E-state index contributed by atoms with van der Waals surface area (Å²) in [6, 6.07) is 0. The number of aliphatic hydroxyl groups is 1. The predicted octanol–water partition coefficient (Wildman–Crippen LogP) is 1.43. The highest BCUT2D eigenvalue weighted by molar-refractivity contribution is 5.82. The summed E-state index contributed by atoms with van der Waals surface area (Å²) < 4.78 is 4.67. The number of ether oxygens (including phenoxy) is 1. The Hall–Kier alpha value is -1.09. The molecule has 0 aromatic carbocycles. The second kappa shape index (κ2) is 9.00. The van der Waals surface area contributed by atoms with E-state index in [9.17, 15) is 4.79 Å². The van der Waals surface area contributed by atoms with Crippen LogP contribution in [0.15, 0.2) is 24.3 Å². The normalized spacial score (nSPS) is 11.2. The van der Waals surface area contributed by atoms with Crippen molar-refractivity contribution in [3.8, 4) is 0 Å². The monoisotopic (exact) mass is 184 g/mol. The Labute approximate surface area is 78.7 Å². The molecule has 0 unspecified atom stereocenters. The molecule has 0 amide bonds. The molecule has 1 N–H and O–H groups in total. The van der Waals surface area contributed by atoms with Crippen molar-refractivity contribution >= 4 is 5.97 Å². The van der Waals surface area contributed by atoms with Crippen molar-refractivity contribution in [2.45, 2.75) is 19.8 Å². The molecule has 0 rings (SSSR count). The quantitative estimate of drug-likeness (QED) is 0.294. The minimum Gasteiger partial charge on any atom is -0.463 e. The van der Waals surface area contributed by atoms with Crippen molar-refractivity contribution in [2.24, 2.45) is 0 Å². The van der Waals surface area contributed by atoms with Crippen LogP contribution in [0.5, 0.6) is 0 Å². The molecule has 0 atom stereocenters. The van der Waals surface area contributed by atoms with Gasteiger partial charge >= 0.3 is 5.97 Å². The maximum Gasteiger partial charge on any atom is 0.330 e. The number of aliphatic hydroxyl groups excluding tert-OH is 1. The first kappa shape index (κ1) is 11.9. The van der Waals surface area contributed by atoms with Gasteiger partial charge in [0.15, 0.2) is 0 Å². The number of allylic oxidation sites excluding steroid dienone is 3. The first-order valence-corrected chi connectivity index (χ1v) is 4.42. The Kier molecular flexibility index (Phi) is 8.25. The molecule has 0 saturated carbocycles. The summed E-state index contributed by atoms with van der Waals surface area (Å²) in [6.45, 7) is 2.37. The summed E-state index contributed by atoms with van der Waals surface area (Å²) in [7, 11) is 0. The molecule has 0 aliphatic carbocycles. The minimum absolute atomic E-state index is 0.200. The maximum atomic E-state index is 10.7. The third-order valence-electron chi connectivity index (χ3n) is 1.30. The number of esters is 1. The highest BCUT2D eigenvalue weighted by atomic mass is 16.5. The first-order valence-electron chi connectivity index (χ1n) is 4.42. The van der Waals surface area contributed by atoms with Crippen molar-refractivity contribution in [3.63, 3.8) is 0 Å².